The van der Waals surface area contributed by atoms with E-state index in [4.69, 9.17) is 5.73 Å². The first-order valence-corrected chi connectivity index (χ1v) is 5.52. The van der Waals surface area contributed by atoms with E-state index in [2.05, 4.69) is 15.5 Å². The monoisotopic (exact) mass is 248 g/mol. The van der Waals surface area contributed by atoms with Crippen molar-refractivity contribution in [3.05, 3.63) is 40.9 Å². The molecule has 1 heterocycles. The van der Waals surface area contributed by atoms with Gasteiger partial charge in [-0.05, 0) is 18.2 Å². The van der Waals surface area contributed by atoms with E-state index in [1.807, 2.05) is 0 Å². The summed E-state index contributed by atoms with van der Waals surface area (Å²) in [5.74, 6) is -0.930. The van der Waals surface area contributed by atoms with Crippen LogP contribution in [0.2, 0.25) is 0 Å². The third kappa shape index (κ3) is 2.64. The van der Waals surface area contributed by atoms with Gasteiger partial charge < -0.3 is 5.73 Å². The second-order valence-electron chi connectivity index (χ2n) is 3.14. The largest absolute Gasteiger partial charge is 0.366 e. The maximum Gasteiger partial charge on any atom is 0.257 e. The van der Waals surface area contributed by atoms with Crippen LogP contribution in [0, 0.1) is 0 Å². The number of carbonyl (C=O) groups is 2. The lowest BCUT2D eigenvalue weighted by atomic mass is 10.1. The number of anilines is 1. The van der Waals surface area contributed by atoms with Crippen molar-refractivity contribution < 1.29 is 9.59 Å². The number of nitrogens with two attached hydrogens (primary N) is 1. The quantitative estimate of drug-likeness (QED) is 0.842. The Bertz CT molecular complexity index is 553. The van der Waals surface area contributed by atoms with E-state index in [9.17, 15) is 9.59 Å². The first-order valence-electron chi connectivity index (χ1n) is 4.64. The van der Waals surface area contributed by atoms with Gasteiger partial charge in [0.1, 0.15) is 5.51 Å². The zero-order valence-electron chi connectivity index (χ0n) is 8.58. The zero-order valence-corrected chi connectivity index (χ0v) is 9.40. The smallest absolute Gasteiger partial charge is 0.257 e. The number of nitrogens with one attached hydrogen (secondary N) is 1. The van der Waals surface area contributed by atoms with Gasteiger partial charge in [0.25, 0.3) is 5.91 Å². The van der Waals surface area contributed by atoms with Crippen molar-refractivity contribution in [1.82, 2.24) is 10.2 Å². The van der Waals surface area contributed by atoms with Gasteiger partial charge in [0.15, 0.2) is 0 Å². The molecule has 3 N–H and O–H groups in total. The Morgan fingerprint density at radius 3 is 2.71 bits per heavy atom. The number of amides is 2. The van der Waals surface area contributed by atoms with Crippen LogP contribution in [0.3, 0.4) is 0 Å². The van der Waals surface area contributed by atoms with Crippen LogP contribution in [0.25, 0.3) is 0 Å². The topological polar surface area (TPSA) is 98.0 Å². The number of aromatic nitrogens is 2. The van der Waals surface area contributed by atoms with Gasteiger partial charge in [0, 0.05) is 11.1 Å². The number of carbonyl (C=O) groups excluding carboxylic acids is 2. The molecule has 2 rings (SSSR count). The summed E-state index contributed by atoms with van der Waals surface area (Å²) in [5.41, 5.74) is 7.27. The Morgan fingerprint density at radius 1 is 1.29 bits per heavy atom. The molecule has 0 saturated carbocycles. The summed E-state index contributed by atoms with van der Waals surface area (Å²) in [7, 11) is 0. The van der Waals surface area contributed by atoms with Crippen LogP contribution in [0.15, 0.2) is 29.8 Å². The van der Waals surface area contributed by atoms with Gasteiger partial charge in [-0.15, -0.1) is 10.2 Å². The predicted molar refractivity (Wildman–Crippen MR) is 62.8 cm³/mol. The highest BCUT2D eigenvalue weighted by atomic mass is 32.1. The van der Waals surface area contributed by atoms with Gasteiger partial charge in [0.2, 0.25) is 11.0 Å². The molecule has 0 unspecified atom stereocenters. The maximum absolute atomic E-state index is 11.8. The highest BCUT2D eigenvalue weighted by molar-refractivity contribution is 7.13. The van der Waals surface area contributed by atoms with Crippen molar-refractivity contribution in [2.24, 2.45) is 5.73 Å². The molecule has 7 heteroatoms. The van der Waals surface area contributed by atoms with Crippen LogP contribution < -0.4 is 11.1 Å². The fraction of sp³-hybridized carbons (Fsp3) is 0. The molecule has 0 aliphatic carbocycles. The highest BCUT2D eigenvalue weighted by Gasteiger charge is 2.09. The number of hydrogen-bond donors (Lipinski definition) is 2. The lowest BCUT2D eigenvalue weighted by Gasteiger charge is -2.02. The van der Waals surface area contributed by atoms with Crippen molar-refractivity contribution in [2.75, 3.05) is 5.32 Å². The molecule has 17 heavy (non-hydrogen) atoms. The van der Waals surface area contributed by atoms with Gasteiger partial charge in [0.05, 0.1) is 0 Å². The number of benzene rings is 1. The molecule has 1 aromatic heterocycles. The molecule has 2 amide bonds. The number of hydrogen-bond acceptors (Lipinski definition) is 5. The van der Waals surface area contributed by atoms with Crippen LogP contribution in [0.1, 0.15) is 20.7 Å². The first-order chi connectivity index (χ1) is 8.16. The summed E-state index contributed by atoms with van der Waals surface area (Å²) in [6.07, 6.45) is 0. The first kappa shape index (κ1) is 11.2. The summed E-state index contributed by atoms with van der Waals surface area (Å²) in [6, 6.07) is 6.15. The van der Waals surface area contributed by atoms with Gasteiger partial charge in [-0.1, -0.05) is 17.4 Å². The van der Waals surface area contributed by atoms with E-state index in [1.54, 1.807) is 18.2 Å². The Hall–Kier alpha value is -2.28. The van der Waals surface area contributed by atoms with E-state index in [0.29, 0.717) is 10.7 Å². The molecular formula is C10H8N4O2S. The second kappa shape index (κ2) is 4.71. The van der Waals surface area contributed by atoms with E-state index in [-0.39, 0.29) is 11.5 Å². The SMILES string of the molecule is NC(=O)c1cccc(C(=O)Nc2nncs2)c1. The van der Waals surface area contributed by atoms with E-state index < -0.39 is 5.91 Å². The van der Waals surface area contributed by atoms with Crippen LogP contribution >= 0.6 is 11.3 Å². The fourth-order valence-corrected chi connectivity index (χ4v) is 1.65. The zero-order chi connectivity index (χ0) is 12.3. The number of rotatable bonds is 3. The summed E-state index contributed by atoms with van der Waals surface area (Å²) in [4.78, 5) is 22.7. The molecule has 2 aromatic rings. The molecule has 0 radical (unpaired) electrons. The third-order valence-electron chi connectivity index (χ3n) is 1.99. The molecular weight excluding hydrogens is 240 g/mol. The second-order valence-corrected chi connectivity index (χ2v) is 3.98. The lowest BCUT2D eigenvalue weighted by Crippen LogP contribution is -2.15. The van der Waals surface area contributed by atoms with E-state index in [1.165, 1.54) is 22.9 Å². The summed E-state index contributed by atoms with van der Waals surface area (Å²) in [5, 5.41) is 10.2. The molecule has 1 aromatic carbocycles. The van der Waals surface area contributed by atoms with Crippen LogP contribution in [-0.2, 0) is 0 Å². The van der Waals surface area contributed by atoms with Gasteiger partial charge >= 0.3 is 0 Å². The van der Waals surface area contributed by atoms with Crippen LogP contribution in [0.4, 0.5) is 5.13 Å². The lowest BCUT2D eigenvalue weighted by molar-refractivity contribution is 0.1000. The minimum atomic E-state index is -0.574. The predicted octanol–water partition coefficient (Wildman–Crippen LogP) is 0.889. The summed E-state index contributed by atoms with van der Waals surface area (Å²) >= 11 is 1.21. The number of primary amides is 1. The normalized spacial score (nSPS) is 9.88. The van der Waals surface area contributed by atoms with E-state index in [0.717, 1.165) is 0 Å². The van der Waals surface area contributed by atoms with Gasteiger partial charge in [-0.3, -0.25) is 14.9 Å². The fourth-order valence-electron chi connectivity index (χ4n) is 1.21. The molecule has 6 nitrogen and oxygen atoms in total. The van der Waals surface area contributed by atoms with E-state index >= 15 is 0 Å². The molecule has 0 aliphatic heterocycles. The minimum Gasteiger partial charge on any atom is -0.366 e. The van der Waals surface area contributed by atoms with Crippen molar-refractivity contribution in [1.29, 1.82) is 0 Å². The Morgan fingerprint density at radius 2 is 2.06 bits per heavy atom. The molecule has 86 valence electrons. The molecule has 0 fully saturated rings. The highest BCUT2D eigenvalue weighted by Crippen LogP contribution is 2.11. The standard InChI is InChI=1S/C10H8N4O2S/c11-8(15)6-2-1-3-7(4-6)9(16)13-10-14-12-5-17-10/h1-5H,(H2,11,15)(H,13,14,16). The van der Waals surface area contributed by atoms with Crippen molar-refractivity contribution in [2.45, 2.75) is 0 Å². The molecule has 0 saturated heterocycles. The Balaban J connectivity index is 2.19. The van der Waals surface area contributed by atoms with Gasteiger partial charge in [-0.25, -0.2) is 0 Å². The molecule has 0 bridgehead atoms. The molecule has 0 aliphatic rings. The molecule has 0 atom stereocenters. The van der Waals surface area contributed by atoms with Gasteiger partial charge in [-0.2, -0.15) is 0 Å². The summed E-state index contributed by atoms with van der Waals surface area (Å²) < 4.78 is 0. The maximum atomic E-state index is 11.8. The van der Waals surface area contributed by atoms with Crippen LogP contribution in [0.5, 0.6) is 0 Å². The molecule has 0 spiro atoms. The number of nitrogens with zero attached hydrogens (tertiary/aromatic N) is 2. The summed E-state index contributed by atoms with van der Waals surface area (Å²) in [6.45, 7) is 0. The Kier molecular flexibility index (Phi) is 3.10. The minimum absolute atomic E-state index is 0.287. The van der Waals surface area contributed by atoms with Crippen molar-refractivity contribution >= 4 is 28.3 Å². The third-order valence-corrected chi connectivity index (χ3v) is 2.60. The van der Waals surface area contributed by atoms with Crippen molar-refractivity contribution in [3.63, 3.8) is 0 Å². The van der Waals surface area contributed by atoms with Crippen molar-refractivity contribution in [3.8, 4) is 0 Å². The Labute approximate surface area is 100 Å². The average molecular weight is 248 g/mol. The average Bonchev–Trinajstić information content (AvgIpc) is 2.82. The van der Waals surface area contributed by atoms with Crippen LogP contribution in [-0.4, -0.2) is 22.0 Å².